The van der Waals surface area contributed by atoms with Gasteiger partial charge in [-0.2, -0.15) is 5.26 Å². The lowest BCUT2D eigenvalue weighted by molar-refractivity contribution is 0.929. The molecular formula is C15H15N3. The SMILES string of the molecule is Cc1cc(C)c(C(C#N)c2cnccn2)cc1C. The number of nitrogens with zero attached hydrogens (tertiary/aromatic N) is 3. The molecule has 0 radical (unpaired) electrons. The lowest BCUT2D eigenvalue weighted by atomic mass is 9.90. The molecule has 3 heteroatoms. The third-order valence-electron chi connectivity index (χ3n) is 3.20. The van der Waals surface area contributed by atoms with Crippen LogP contribution in [0, 0.1) is 32.1 Å². The lowest BCUT2D eigenvalue weighted by Crippen LogP contribution is -2.04. The highest BCUT2D eigenvalue weighted by atomic mass is 14.8. The molecule has 1 aromatic heterocycles. The Balaban J connectivity index is 2.53. The first-order valence-electron chi connectivity index (χ1n) is 5.86. The largest absolute Gasteiger partial charge is 0.261 e. The molecule has 2 rings (SSSR count). The Bertz CT molecular complexity index is 597. The number of hydrogen-bond acceptors (Lipinski definition) is 3. The lowest BCUT2D eigenvalue weighted by Gasteiger charge is -2.14. The van der Waals surface area contributed by atoms with E-state index in [-0.39, 0.29) is 5.92 Å². The van der Waals surface area contributed by atoms with Crippen LogP contribution in [0.1, 0.15) is 33.9 Å². The van der Waals surface area contributed by atoms with Gasteiger partial charge >= 0.3 is 0 Å². The van der Waals surface area contributed by atoms with Crippen molar-refractivity contribution in [2.75, 3.05) is 0 Å². The minimum atomic E-state index is -0.349. The molecule has 1 aromatic carbocycles. The van der Waals surface area contributed by atoms with Gasteiger partial charge in [0.2, 0.25) is 0 Å². The van der Waals surface area contributed by atoms with Gasteiger partial charge < -0.3 is 0 Å². The summed E-state index contributed by atoms with van der Waals surface area (Å²) in [6, 6.07) is 6.51. The fourth-order valence-electron chi connectivity index (χ4n) is 2.05. The molecule has 0 aliphatic rings. The highest BCUT2D eigenvalue weighted by molar-refractivity contribution is 5.44. The van der Waals surface area contributed by atoms with E-state index in [1.165, 1.54) is 11.1 Å². The predicted molar refractivity (Wildman–Crippen MR) is 70.1 cm³/mol. The number of aryl methyl sites for hydroxylation is 3. The molecule has 2 aromatic rings. The van der Waals surface area contributed by atoms with Crippen molar-refractivity contribution in [3.63, 3.8) is 0 Å². The van der Waals surface area contributed by atoms with E-state index in [1.54, 1.807) is 18.6 Å². The molecule has 0 fully saturated rings. The number of rotatable bonds is 2. The molecule has 0 saturated carbocycles. The van der Waals surface area contributed by atoms with E-state index in [9.17, 15) is 5.26 Å². The third-order valence-corrected chi connectivity index (χ3v) is 3.20. The van der Waals surface area contributed by atoms with E-state index >= 15 is 0 Å². The number of aromatic nitrogens is 2. The van der Waals surface area contributed by atoms with Gasteiger partial charge in [-0.05, 0) is 43.0 Å². The molecule has 0 aliphatic heterocycles. The van der Waals surface area contributed by atoms with Crippen LogP contribution in [0.4, 0.5) is 0 Å². The fourth-order valence-corrected chi connectivity index (χ4v) is 2.05. The molecule has 0 amide bonds. The fraction of sp³-hybridized carbons (Fsp3) is 0.267. The zero-order chi connectivity index (χ0) is 13.1. The van der Waals surface area contributed by atoms with Crippen LogP contribution in [-0.4, -0.2) is 9.97 Å². The molecule has 18 heavy (non-hydrogen) atoms. The molecule has 1 atom stereocenters. The highest BCUT2D eigenvalue weighted by Crippen LogP contribution is 2.27. The van der Waals surface area contributed by atoms with Crippen LogP contribution in [0.5, 0.6) is 0 Å². The van der Waals surface area contributed by atoms with Crippen molar-refractivity contribution in [3.8, 4) is 6.07 Å². The van der Waals surface area contributed by atoms with Gasteiger partial charge in [-0.1, -0.05) is 12.1 Å². The topological polar surface area (TPSA) is 49.6 Å². The standard InChI is InChI=1S/C15H15N3/c1-10-6-12(3)13(7-11(10)2)14(8-16)15-9-17-4-5-18-15/h4-7,9,14H,1-3H3. The molecule has 0 saturated heterocycles. The van der Waals surface area contributed by atoms with Gasteiger partial charge in [0.05, 0.1) is 18.0 Å². The van der Waals surface area contributed by atoms with Gasteiger partial charge in [0.15, 0.2) is 0 Å². The maximum absolute atomic E-state index is 9.40. The van der Waals surface area contributed by atoms with Crippen molar-refractivity contribution in [2.24, 2.45) is 0 Å². The van der Waals surface area contributed by atoms with Crippen molar-refractivity contribution in [2.45, 2.75) is 26.7 Å². The minimum Gasteiger partial charge on any atom is -0.261 e. The summed E-state index contributed by atoms with van der Waals surface area (Å²) in [6.45, 7) is 6.17. The second kappa shape index (κ2) is 4.97. The molecule has 0 spiro atoms. The molecule has 1 unspecified atom stereocenters. The predicted octanol–water partition coefficient (Wildman–Crippen LogP) is 3.06. The van der Waals surface area contributed by atoms with E-state index in [1.807, 2.05) is 6.92 Å². The van der Waals surface area contributed by atoms with Gasteiger partial charge in [-0.15, -0.1) is 0 Å². The summed E-state index contributed by atoms with van der Waals surface area (Å²) < 4.78 is 0. The normalized spacial score (nSPS) is 11.9. The Morgan fingerprint density at radius 2 is 1.78 bits per heavy atom. The number of benzene rings is 1. The van der Waals surface area contributed by atoms with Gasteiger partial charge in [0.1, 0.15) is 5.92 Å². The third kappa shape index (κ3) is 2.23. The molecule has 0 aliphatic carbocycles. The summed E-state index contributed by atoms with van der Waals surface area (Å²) in [4.78, 5) is 8.27. The second-order valence-electron chi connectivity index (χ2n) is 4.49. The highest BCUT2D eigenvalue weighted by Gasteiger charge is 2.17. The summed E-state index contributed by atoms with van der Waals surface area (Å²) in [5, 5.41) is 9.40. The van der Waals surface area contributed by atoms with Gasteiger partial charge in [0, 0.05) is 12.4 Å². The van der Waals surface area contributed by atoms with Crippen LogP contribution in [0.25, 0.3) is 0 Å². The molecule has 1 heterocycles. The van der Waals surface area contributed by atoms with E-state index in [4.69, 9.17) is 0 Å². The van der Waals surface area contributed by atoms with E-state index in [2.05, 4.69) is 42.0 Å². The summed E-state index contributed by atoms with van der Waals surface area (Å²) in [6.07, 6.45) is 4.89. The summed E-state index contributed by atoms with van der Waals surface area (Å²) >= 11 is 0. The Morgan fingerprint density at radius 1 is 1.06 bits per heavy atom. The molecule has 3 nitrogen and oxygen atoms in total. The summed E-state index contributed by atoms with van der Waals surface area (Å²) in [7, 11) is 0. The minimum absolute atomic E-state index is 0.349. The number of hydrogen-bond donors (Lipinski definition) is 0. The molecule has 90 valence electrons. The number of nitriles is 1. The van der Waals surface area contributed by atoms with E-state index in [0.717, 1.165) is 11.1 Å². The average molecular weight is 237 g/mol. The Morgan fingerprint density at radius 3 is 2.39 bits per heavy atom. The van der Waals surface area contributed by atoms with Crippen LogP contribution in [-0.2, 0) is 0 Å². The maximum atomic E-state index is 9.40. The van der Waals surface area contributed by atoms with Crippen molar-refractivity contribution in [3.05, 3.63) is 58.7 Å². The van der Waals surface area contributed by atoms with Gasteiger partial charge in [-0.25, -0.2) is 0 Å². The Hall–Kier alpha value is -2.21. The van der Waals surface area contributed by atoms with Gasteiger partial charge in [-0.3, -0.25) is 9.97 Å². The van der Waals surface area contributed by atoms with Gasteiger partial charge in [0.25, 0.3) is 0 Å². The van der Waals surface area contributed by atoms with Crippen LogP contribution in [0.3, 0.4) is 0 Å². The van der Waals surface area contributed by atoms with Crippen molar-refractivity contribution >= 4 is 0 Å². The zero-order valence-corrected chi connectivity index (χ0v) is 10.8. The second-order valence-corrected chi connectivity index (χ2v) is 4.49. The molecule has 0 bridgehead atoms. The zero-order valence-electron chi connectivity index (χ0n) is 10.8. The monoisotopic (exact) mass is 237 g/mol. The summed E-state index contributed by atoms with van der Waals surface area (Å²) in [5.41, 5.74) is 5.27. The average Bonchev–Trinajstić information content (AvgIpc) is 2.38. The van der Waals surface area contributed by atoms with E-state index in [0.29, 0.717) is 5.69 Å². The molecular weight excluding hydrogens is 222 g/mol. The van der Waals surface area contributed by atoms with Crippen LogP contribution >= 0.6 is 0 Å². The first kappa shape index (κ1) is 12.3. The van der Waals surface area contributed by atoms with Crippen LogP contribution < -0.4 is 0 Å². The Labute approximate surface area is 107 Å². The first-order valence-corrected chi connectivity index (χ1v) is 5.86. The van der Waals surface area contributed by atoms with Crippen LogP contribution in [0.2, 0.25) is 0 Å². The van der Waals surface area contributed by atoms with Crippen molar-refractivity contribution < 1.29 is 0 Å². The van der Waals surface area contributed by atoms with Crippen molar-refractivity contribution in [1.82, 2.24) is 9.97 Å². The Kier molecular flexibility index (Phi) is 3.38. The smallest absolute Gasteiger partial charge is 0.115 e. The van der Waals surface area contributed by atoms with Crippen molar-refractivity contribution in [1.29, 1.82) is 5.26 Å². The first-order chi connectivity index (χ1) is 8.63. The summed E-state index contributed by atoms with van der Waals surface area (Å²) in [5.74, 6) is -0.349. The molecule has 0 N–H and O–H groups in total. The van der Waals surface area contributed by atoms with E-state index < -0.39 is 0 Å². The maximum Gasteiger partial charge on any atom is 0.115 e. The quantitative estimate of drug-likeness (QED) is 0.806. The van der Waals surface area contributed by atoms with Crippen LogP contribution in [0.15, 0.2) is 30.7 Å².